The highest BCUT2D eigenvalue weighted by atomic mass is 35.5. The summed E-state index contributed by atoms with van der Waals surface area (Å²) in [5, 5.41) is 7.14. The van der Waals surface area contributed by atoms with Crippen molar-refractivity contribution in [3.05, 3.63) is 46.5 Å². The van der Waals surface area contributed by atoms with Gasteiger partial charge in [-0.3, -0.25) is 14.5 Å². The molecule has 0 saturated carbocycles. The first-order valence-electron chi connectivity index (χ1n) is 8.64. The van der Waals surface area contributed by atoms with Crippen molar-refractivity contribution in [2.45, 2.75) is 6.92 Å². The summed E-state index contributed by atoms with van der Waals surface area (Å²) in [7, 11) is 1.60. The molecule has 9 heteroatoms. The largest absolute Gasteiger partial charge is 0.358 e. The van der Waals surface area contributed by atoms with Crippen LogP contribution < -0.4 is 5.32 Å². The van der Waals surface area contributed by atoms with E-state index in [1.165, 1.54) is 16.8 Å². The second-order valence-electron chi connectivity index (χ2n) is 6.38. The van der Waals surface area contributed by atoms with E-state index in [2.05, 4.69) is 10.4 Å². The van der Waals surface area contributed by atoms with Gasteiger partial charge in [0.2, 0.25) is 5.91 Å². The molecule has 1 aliphatic rings. The number of carbonyl (C=O) groups excluding carboxylic acids is 2. The maximum atomic E-state index is 13.1. The fraction of sp³-hybridized carbons (Fsp3) is 0.389. The molecule has 0 bridgehead atoms. The summed E-state index contributed by atoms with van der Waals surface area (Å²) < 4.78 is 14.6. The standard InChI is InChI=1S/C18H21ClFN5O2/c1-12-16(17(19)25(22-12)14-5-3-13(20)4-6-14)18(27)24-9-7-23(8-10-24)11-15(26)21-2/h3-6H,7-11H2,1-2H3,(H,21,26). The van der Waals surface area contributed by atoms with E-state index in [9.17, 15) is 14.0 Å². The molecule has 1 saturated heterocycles. The number of aromatic nitrogens is 2. The molecule has 0 atom stereocenters. The smallest absolute Gasteiger partial charge is 0.258 e. The number of hydrogen-bond acceptors (Lipinski definition) is 4. The highest BCUT2D eigenvalue weighted by molar-refractivity contribution is 6.33. The fourth-order valence-electron chi connectivity index (χ4n) is 3.04. The lowest BCUT2D eigenvalue weighted by molar-refractivity contribution is -0.122. The maximum Gasteiger partial charge on any atom is 0.258 e. The number of carbonyl (C=O) groups is 2. The van der Waals surface area contributed by atoms with Gasteiger partial charge in [-0.15, -0.1) is 0 Å². The number of aryl methyl sites for hydroxylation is 1. The van der Waals surface area contributed by atoms with Crippen LogP contribution in [0.4, 0.5) is 4.39 Å². The molecule has 2 amide bonds. The van der Waals surface area contributed by atoms with Gasteiger partial charge in [0, 0.05) is 33.2 Å². The molecule has 0 aliphatic carbocycles. The molecule has 2 heterocycles. The molecule has 1 fully saturated rings. The lowest BCUT2D eigenvalue weighted by Crippen LogP contribution is -2.51. The van der Waals surface area contributed by atoms with Gasteiger partial charge in [-0.25, -0.2) is 9.07 Å². The van der Waals surface area contributed by atoms with Gasteiger partial charge in [0.05, 0.1) is 23.5 Å². The average molecular weight is 394 g/mol. The number of nitrogens with one attached hydrogen (secondary N) is 1. The van der Waals surface area contributed by atoms with Crippen molar-refractivity contribution in [2.75, 3.05) is 39.8 Å². The number of hydrogen-bond donors (Lipinski definition) is 1. The highest BCUT2D eigenvalue weighted by Gasteiger charge is 2.28. The van der Waals surface area contributed by atoms with Gasteiger partial charge < -0.3 is 10.2 Å². The Morgan fingerprint density at radius 2 is 1.81 bits per heavy atom. The van der Waals surface area contributed by atoms with Crippen LogP contribution in [-0.4, -0.2) is 71.2 Å². The number of nitrogens with zero attached hydrogens (tertiary/aromatic N) is 4. The molecule has 3 rings (SSSR count). The predicted molar refractivity (Wildman–Crippen MR) is 99.7 cm³/mol. The summed E-state index contributed by atoms with van der Waals surface area (Å²) in [5.74, 6) is -0.593. The summed E-state index contributed by atoms with van der Waals surface area (Å²) >= 11 is 6.43. The first-order chi connectivity index (χ1) is 12.9. The Morgan fingerprint density at radius 1 is 1.19 bits per heavy atom. The Hall–Kier alpha value is -2.45. The Balaban J connectivity index is 1.74. The van der Waals surface area contributed by atoms with Crippen LogP contribution in [0.25, 0.3) is 5.69 Å². The van der Waals surface area contributed by atoms with Gasteiger partial charge in [0.25, 0.3) is 5.91 Å². The maximum absolute atomic E-state index is 13.1. The van der Waals surface area contributed by atoms with Crippen molar-refractivity contribution < 1.29 is 14.0 Å². The molecular weight excluding hydrogens is 373 g/mol. The molecule has 0 spiro atoms. The summed E-state index contributed by atoms with van der Waals surface area (Å²) in [6, 6.07) is 5.74. The molecule has 7 nitrogen and oxygen atoms in total. The number of piperazine rings is 1. The number of rotatable bonds is 4. The molecule has 0 unspecified atom stereocenters. The summed E-state index contributed by atoms with van der Waals surface area (Å²) in [6.07, 6.45) is 0. The highest BCUT2D eigenvalue weighted by Crippen LogP contribution is 2.25. The Kier molecular flexibility index (Phi) is 5.76. The van der Waals surface area contributed by atoms with Crippen LogP contribution in [0.3, 0.4) is 0 Å². The third-order valence-electron chi connectivity index (χ3n) is 4.59. The zero-order valence-electron chi connectivity index (χ0n) is 15.2. The van der Waals surface area contributed by atoms with E-state index in [-0.39, 0.29) is 22.8 Å². The SMILES string of the molecule is CNC(=O)CN1CCN(C(=O)c2c(C)nn(-c3ccc(F)cc3)c2Cl)CC1. The molecule has 144 valence electrons. The van der Waals surface area contributed by atoms with Crippen molar-refractivity contribution in [1.29, 1.82) is 0 Å². The Labute approximate surface area is 161 Å². The van der Waals surface area contributed by atoms with E-state index in [4.69, 9.17) is 11.6 Å². The molecule has 1 N–H and O–H groups in total. The van der Waals surface area contributed by atoms with E-state index >= 15 is 0 Å². The quantitative estimate of drug-likeness (QED) is 0.854. The first kappa shape index (κ1) is 19.3. The topological polar surface area (TPSA) is 70.5 Å². The number of halogens is 2. The van der Waals surface area contributed by atoms with Crippen LogP contribution in [0.15, 0.2) is 24.3 Å². The van der Waals surface area contributed by atoms with Gasteiger partial charge in [-0.1, -0.05) is 11.6 Å². The number of amides is 2. The van der Waals surface area contributed by atoms with E-state index < -0.39 is 0 Å². The van der Waals surface area contributed by atoms with E-state index in [1.54, 1.807) is 31.0 Å². The lowest BCUT2D eigenvalue weighted by atomic mass is 10.2. The zero-order chi connectivity index (χ0) is 19.6. The van der Waals surface area contributed by atoms with Crippen molar-refractivity contribution in [1.82, 2.24) is 24.9 Å². The van der Waals surface area contributed by atoms with E-state index in [1.807, 2.05) is 4.90 Å². The van der Waals surface area contributed by atoms with Crippen LogP contribution in [0, 0.1) is 12.7 Å². The third-order valence-corrected chi connectivity index (χ3v) is 4.94. The monoisotopic (exact) mass is 393 g/mol. The van der Waals surface area contributed by atoms with Crippen LogP contribution in [0.2, 0.25) is 5.15 Å². The molecule has 1 aliphatic heterocycles. The second kappa shape index (κ2) is 8.06. The van der Waals surface area contributed by atoms with Crippen molar-refractivity contribution in [3.63, 3.8) is 0 Å². The summed E-state index contributed by atoms with van der Waals surface area (Å²) in [5.41, 5.74) is 1.45. The fourth-order valence-corrected chi connectivity index (χ4v) is 3.40. The third kappa shape index (κ3) is 4.12. The molecule has 1 aromatic carbocycles. The normalized spacial score (nSPS) is 15.0. The number of likely N-dealkylation sites (N-methyl/N-ethyl adjacent to an activating group) is 1. The zero-order valence-corrected chi connectivity index (χ0v) is 16.0. The van der Waals surface area contributed by atoms with Gasteiger partial charge >= 0.3 is 0 Å². The molecule has 27 heavy (non-hydrogen) atoms. The van der Waals surface area contributed by atoms with Crippen LogP contribution in [0.1, 0.15) is 16.1 Å². The van der Waals surface area contributed by atoms with E-state index in [0.29, 0.717) is 49.7 Å². The van der Waals surface area contributed by atoms with Crippen LogP contribution in [-0.2, 0) is 4.79 Å². The molecule has 2 aromatic rings. The average Bonchev–Trinajstić information content (AvgIpc) is 2.96. The minimum absolute atomic E-state index is 0.0470. The first-order valence-corrected chi connectivity index (χ1v) is 9.01. The minimum Gasteiger partial charge on any atom is -0.358 e. The van der Waals surface area contributed by atoms with Crippen LogP contribution >= 0.6 is 11.6 Å². The van der Waals surface area contributed by atoms with Crippen LogP contribution in [0.5, 0.6) is 0 Å². The minimum atomic E-state index is -0.357. The van der Waals surface area contributed by atoms with Crippen molar-refractivity contribution >= 4 is 23.4 Å². The number of benzene rings is 1. The predicted octanol–water partition coefficient (Wildman–Crippen LogP) is 1.48. The van der Waals surface area contributed by atoms with Gasteiger partial charge in [-0.05, 0) is 31.2 Å². The van der Waals surface area contributed by atoms with Crippen molar-refractivity contribution in [2.24, 2.45) is 0 Å². The van der Waals surface area contributed by atoms with E-state index in [0.717, 1.165) is 0 Å². The Bertz CT molecular complexity index is 844. The summed E-state index contributed by atoms with van der Waals surface area (Å²) in [4.78, 5) is 28.1. The summed E-state index contributed by atoms with van der Waals surface area (Å²) in [6.45, 7) is 4.28. The second-order valence-corrected chi connectivity index (χ2v) is 6.74. The van der Waals surface area contributed by atoms with Gasteiger partial charge in [-0.2, -0.15) is 5.10 Å². The van der Waals surface area contributed by atoms with Crippen molar-refractivity contribution in [3.8, 4) is 5.69 Å². The molecule has 1 aromatic heterocycles. The Morgan fingerprint density at radius 3 is 2.41 bits per heavy atom. The molecule has 0 radical (unpaired) electrons. The van der Waals surface area contributed by atoms with Gasteiger partial charge in [0.1, 0.15) is 11.0 Å². The molecular formula is C18H21ClFN5O2. The lowest BCUT2D eigenvalue weighted by Gasteiger charge is -2.34. The van der Waals surface area contributed by atoms with Gasteiger partial charge in [0.15, 0.2) is 0 Å².